The molecule has 2 aromatic rings. The molecule has 0 aliphatic rings. The van der Waals surface area contributed by atoms with Gasteiger partial charge in [-0.3, -0.25) is 4.79 Å². The minimum Gasteiger partial charge on any atom is -0.507 e. The molecule has 1 heterocycles. The molecule has 0 spiro atoms. The number of hydrogen-bond donors (Lipinski definition) is 2. The van der Waals surface area contributed by atoms with Crippen LogP contribution in [-0.2, 0) is 16.0 Å². The Morgan fingerprint density at radius 1 is 1.14 bits per heavy atom. The number of rotatable bonds is 5. The number of carboxylic acids is 1. The Balaban J connectivity index is 2.24. The fourth-order valence-corrected chi connectivity index (χ4v) is 1.76. The largest absolute Gasteiger partial charge is 0.507 e. The van der Waals surface area contributed by atoms with Gasteiger partial charge in [-0.1, -0.05) is 12.1 Å². The zero-order valence-corrected chi connectivity index (χ0v) is 10.7. The number of aliphatic hydroxyl groups excluding tert-OH is 1. The lowest BCUT2D eigenvalue weighted by atomic mass is 10.1. The van der Waals surface area contributed by atoms with Gasteiger partial charge in [0.2, 0.25) is 0 Å². The minimum absolute atomic E-state index is 0.217. The highest BCUT2D eigenvalue weighted by Crippen LogP contribution is 2.21. The Labute approximate surface area is 118 Å². The zero-order valence-electron chi connectivity index (χ0n) is 10.7. The molecule has 0 bridgehead atoms. The summed E-state index contributed by atoms with van der Waals surface area (Å²) in [7, 11) is 0. The summed E-state index contributed by atoms with van der Waals surface area (Å²) in [6, 6.07) is 7.12. The summed E-state index contributed by atoms with van der Waals surface area (Å²) in [5.74, 6) is -3.42. The van der Waals surface area contributed by atoms with Gasteiger partial charge < -0.3 is 14.6 Å². The van der Waals surface area contributed by atoms with Crippen LogP contribution < -0.4 is 0 Å². The number of carbonyl (C=O) groups is 2. The van der Waals surface area contributed by atoms with Crippen molar-refractivity contribution in [2.24, 2.45) is 0 Å². The maximum Gasteiger partial charge on any atom is 0.376 e. The van der Waals surface area contributed by atoms with E-state index in [1.165, 1.54) is 24.5 Å². The van der Waals surface area contributed by atoms with Crippen molar-refractivity contribution in [3.8, 4) is 0 Å². The van der Waals surface area contributed by atoms with E-state index in [0.29, 0.717) is 11.8 Å². The van der Waals surface area contributed by atoms with E-state index in [1.54, 1.807) is 12.1 Å². The lowest BCUT2D eigenvalue weighted by Crippen LogP contribution is -2.09. The number of ketones is 1. The first-order valence-corrected chi connectivity index (χ1v) is 5.96. The van der Waals surface area contributed by atoms with E-state index in [0.717, 1.165) is 5.56 Å². The summed E-state index contributed by atoms with van der Waals surface area (Å²) in [5.41, 5.74) is 0.957. The third-order valence-electron chi connectivity index (χ3n) is 2.78. The van der Waals surface area contributed by atoms with E-state index in [1.807, 2.05) is 0 Å². The fraction of sp³-hybridized carbons (Fsp3) is 0.0667. The van der Waals surface area contributed by atoms with Gasteiger partial charge in [0, 0.05) is 12.5 Å². The van der Waals surface area contributed by atoms with E-state index in [-0.39, 0.29) is 17.8 Å². The van der Waals surface area contributed by atoms with Crippen LogP contribution in [0.2, 0.25) is 0 Å². The Morgan fingerprint density at radius 3 is 2.43 bits per heavy atom. The molecule has 6 heteroatoms. The highest BCUT2D eigenvalue weighted by molar-refractivity contribution is 6.38. The SMILES string of the molecule is O=C(O)C(=O)/C=C(\O)c1ccoc1Cc1ccc(F)cc1. The standard InChI is InChI=1S/C15H11FO5/c16-10-3-1-9(2-4-10)7-14-11(5-6-21-14)12(17)8-13(18)15(19)20/h1-6,8,17H,7H2,(H,19,20)/b12-8-. The van der Waals surface area contributed by atoms with Crippen molar-refractivity contribution < 1.29 is 28.6 Å². The number of carbonyl (C=O) groups excluding carboxylic acids is 1. The molecule has 0 aliphatic carbocycles. The number of furan rings is 1. The average Bonchev–Trinajstić information content (AvgIpc) is 2.89. The molecule has 1 aromatic carbocycles. The van der Waals surface area contributed by atoms with Crippen LogP contribution in [0.25, 0.3) is 5.76 Å². The van der Waals surface area contributed by atoms with Crippen molar-refractivity contribution in [1.29, 1.82) is 0 Å². The maximum atomic E-state index is 12.8. The molecule has 2 rings (SSSR count). The van der Waals surface area contributed by atoms with Gasteiger partial charge in [-0.15, -0.1) is 0 Å². The van der Waals surface area contributed by atoms with Gasteiger partial charge in [-0.2, -0.15) is 0 Å². The van der Waals surface area contributed by atoms with Crippen LogP contribution in [0.4, 0.5) is 4.39 Å². The molecule has 0 fully saturated rings. The van der Waals surface area contributed by atoms with Crippen molar-refractivity contribution in [3.05, 3.63) is 65.4 Å². The summed E-state index contributed by atoms with van der Waals surface area (Å²) in [5, 5.41) is 18.3. The molecule has 0 atom stereocenters. The molecular weight excluding hydrogens is 279 g/mol. The number of carboxylic acid groups (broad SMARTS) is 1. The normalized spacial score (nSPS) is 11.4. The number of aliphatic hydroxyl groups is 1. The Morgan fingerprint density at radius 2 is 1.81 bits per heavy atom. The summed E-state index contributed by atoms with van der Waals surface area (Å²) in [6.45, 7) is 0. The highest BCUT2D eigenvalue weighted by Gasteiger charge is 2.15. The van der Waals surface area contributed by atoms with E-state index < -0.39 is 17.5 Å². The van der Waals surface area contributed by atoms with Crippen LogP contribution in [0.15, 0.2) is 47.1 Å². The van der Waals surface area contributed by atoms with Crippen molar-refractivity contribution in [1.82, 2.24) is 0 Å². The highest BCUT2D eigenvalue weighted by atomic mass is 19.1. The third kappa shape index (κ3) is 3.56. The zero-order chi connectivity index (χ0) is 15.4. The van der Waals surface area contributed by atoms with Gasteiger partial charge in [0.15, 0.2) is 0 Å². The fourth-order valence-electron chi connectivity index (χ4n) is 1.76. The van der Waals surface area contributed by atoms with E-state index in [2.05, 4.69) is 0 Å². The first-order chi connectivity index (χ1) is 9.97. The molecule has 0 saturated carbocycles. The number of benzene rings is 1. The molecule has 1 aromatic heterocycles. The first-order valence-electron chi connectivity index (χ1n) is 5.96. The van der Waals surface area contributed by atoms with Gasteiger partial charge in [-0.05, 0) is 23.8 Å². The van der Waals surface area contributed by atoms with Crippen LogP contribution >= 0.6 is 0 Å². The summed E-state index contributed by atoms with van der Waals surface area (Å²) in [6.07, 6.45) is 2.19. The van der Waals surface area contributed by atoms with Crippen molar-refractivity contribution in [3.63, 3.8) is 0 Å². The van der Waals surface area contributed by atoms with Crippen molar-refractivity contribution >= 4 is 17.5 Å². The number of aliphatic carboxylic acids is 1. The second-order valence-corrected chi connectivity index (χ2v) is 4.26. The average molecular weight is 290 g/mol. The summed E-state index contributed by atoms with van der Waals surface area (Å²) < 4.78 is 18.0. The lowest BCUT2D eigenvalue weighted by molar-refractivity contribution is -0.146. The van der Waals surface area contributed by atoms with Gasteiger partial charge in [-0.25, -0.2) is 9.18 Å². The van der Waals surface area contributed by atoms with E-state index >= 15 is 0 Å². The minimum atomic E-state index is -1.66. The van der Waals surface area contributed by atoms with Crippen molar-refractivity contribution in [2.45, 2.75) is 6.42 Å². The molecule has 21 heavy (non-hydrogen) atoms. The molecule has 0 aliphatic heterocycles. The molecule has 2 N–H and O–H groups in total. The topological polar surface area (TPSA) is 87.7 Å². The molecule has 108 valence electrons. The molecule has 5 nitrogen and oxygen atoms in total. The van der Waals surface area contributed by atoms with Gasteiger partial charge >= 0.3 is 5.97 Å². The summed E-state index contributed by atoms with van der Waals surface area (Å²) in [4.78, 5) is 21.5. The molecule has 0 amide bonds. The monoisotopic (exact) mass is 290 g/mol. The van der Waals surface area contributed by atoms with Crippen LogP contribution in [0, 0.1) is 5.82 Å². The number of halogens is 1. The van der Waals surface area contributed by atoms with Gasteiger partial charge in [0.05, 0.1) is 11.8 Å². The number of hydrogen-bond acceptors (Lipinski definition) is 4. The third-order valence-corrected chi connectivity index (χ3v) is 2.78. The van der Waals surface area contributed by atoms with Crippen LogP contribution in [0.1, 0.15) is 16.9 Å². The molecule has 0 unspecified atom stereocenters. The molecule has 0 saturated heterocycles. The maximum absolute atomic E-state index is 12.8. The predicted molar refractivity (Wildman–Crippen MR) is 71.2 cm³/mol. The van der Waals surface area contributed by atoms with Gasteiger partial charge in [0.1, 0.15) is 17.3 Å². The quantitative estimate of drug-likeness (QED) is 0.502. The first kappa shape index (κ1) is 14.5. The van der Waals surface area contributed by atoms with Crippen LogP contribution in [0.3, 0.4) is 0 Å². The predicted octanol–water partition coefficient (Wildman–Crippen LogP) is 2.56. The Bertz CT molecular complexity index is 697. The smallest absolute Gasteiger partial charge is 0.376 e. The second-order valence-electron chi connectivity index (χ2n) is 4.26. The molecule has 0 radical (unpaired) electrons. The Hall–Kier alpha value is -2.89. The summed E-state index contributed by atoms with van der Waals surface area (Å²) >= 11 is 0. The van der Waals surface area contributed by atoms with E-state index in [4.69, 9.17) is 9.52 Å². The van der Waals surface area contributed by atoms with Crippen LogP contribution in [-0.4, -0.2) is 22.0 Å². The van der Waals surface area contributed by atoms with Crippen LogP contribution in [0.5, 0.6) is 0 Å². The lowest BCUT2D eigenvalue weighted by Gasteiger charge is -2.02. The Kier molecular flexibility index (Phi) is 4.18. The molecular formula is C15H11FO5. The second kappa shape index (κ2) is 6.04. The van der Waals surface area contributed by atoms with Gasteiger partial charge in [0.25, 0.3) is 5.78 Å². The van der Waals surface area contributed by atoms with E-state index in [9.17, 15) is 19.1 Å². The van der Waals surface area contributed by atoms with Crippen molar-refractivity contribution in [2.75, 3.05) is 0 Å².